The minimum absolute atomic E-state index is 0.137. The van der Waals surface area contributed by atoms with Crippen LogP contribution in [0, 0.1) is 0 Å². The number of thioether (sulfide) groups is 1. The largest absolute Gasteiger partial charge is 0.383 e. The van der Waals surface area contributed by atoms with Gasteiger partial charge >= 0.3 is 0 Å². The molecule has 2 aromatic rings. The molecule has 0 radical (unpaired) electrons. The highest BCUT2D eigenvalue weighted by Crippen LogP contribution is 2.31. The van der Waals surface area contributed by atoms with Crippen LogP contribution in [0.4, 0.5) is 0 Å². The van der Waals surface area contributed by atoms with Gasteiger partial charge in [0.1, 0.15) is 0 Å². The molecule has 0 aliphatic rings. The molecule has 1 aromatic carbocycles. The maximum Gasteiger partial charge on any atom is 0.233 e. The molecular weight excluding hydrogens is 373 g/mol. The number of carbonyl (C=O) groups is 1. The van der Waals surface area contributed by atoms with Gasteiger partial charge in [-0.3, -0.25) is 4.79 Å². The van der Waals surface area contributed by atoms with Crippen LogP contribution in [-0.2, 0) is 9.53 Å². The van der Waals surface area contributed by atoms with Gasteiger partial charge in [-0.2, -0.15) is 0 Å². The first kappa shape index (κ1) is 18.9. The fourth-order valence-corrected chi connectivity index (χ4v) is 3.01. The van der Waals surface area contributed by atoms with E-state index in [0.29, 0.717) is 39.7 Å². The lowest BCUT2D eigenvalue weighted by Gasteiger charge is -2.11. The van der Waals surface area contributed by atoms with Gasteiger partial charge in [0.25, 0.3) is 0 Å². The molecule has 0 fully saturated rings. The van der Waals surface area contributed by atoms with Crippen molar-refractivity contribution in [3.63, 3.8) is 0 Å². The number of aromatic nitrogens is 3. The third-order valence-corrected chi connectivity index (χ3v) is 4.71. The molecule has 0 saturated heterocycles. The maximum absolute atomic E-state index is 12.0. The summed E-state index contributed by atoms with van der Waals surface area (Å²) >= 11 is 13.3. The maximum atomic E-state index is 12.0. The Morgan fingerprint density at radius 3 is 2.92 bits per heavy atom. The van der Waals surface area contributed by atoms with Crippen molar-refractivity contribution in [3.8, 4) is 11.4 Å². The number of halogens is 2. The van der Waals surface area contributed by atoms with E-state index in [0.717, 1.165) is 0 Å². The number of ether oxygens (including phenoxy) is 1. The molecule has 0 unspecified atom stereocenters. The SMILES string of the molecule is COCCNC(=O)[C@@H](C)Sc1nnc(-c2cc(Cl)ccc2Cl)n1N. The number of nitrogen functional groups attached to an aromatic ring is 1. The molecule has 24 heavy (non-hydrogen) atoms. The number of carbonyl (C=O) groups excluding carboxylic acids is 1. The van der Waals surface area contributed by atoms with Crippen molar-refractivity contribution >= 4 is 40.9 Å². The molecule has 130 valence electrons. The number of amides is 1. The second kappa shape index (κ2) is 8.57. The zero-order chi connectivity index (χ0) is 17.7. The van der Waals surface area contributed by atoms with Crippen molar-refractivity contribution in [2.45, 2.75) is 17.3 Å². The van der Waals surface area contributed by atoms with Crippen molar-refractivity contribution in [1.82, 2.24) is 20.2 Å². The number of hydrogen-bond acceptors (Lipinski definition) is 6. The lowest BCUT2D eigenvalue weighted by atomic mass is 10.2. The zero-order valence-corrected chi connectivity index (χ0v) is 15.5. The first-order valence-corrected chi connectivity index (χ1v) is 8.66. The zero-order valence-electron chi connectivity index (χ0n) is 13.1. The van der Waals surface area contributed by atoms with E-state index in [-0.39, 0.29) is 5.91 Å². The predicted molar refractivity (Wildman–Crippen MR) is 95.8 cm³/mol. The van der Waals surface area contributed by atoms with Gasteiger partial charge in [-0.1, -0.05) is 35.0 Å². The Labute approximate surface area is 153 Å². The third-order valence-electron chi connectivity index (χ3n) is 3.09. The highest BCUT2D eigenvalue weighted by atomic mass is 35.5. The van der Waals surface area contributed by atoms with Crippen molar-refractivity contribution < 1.29 is 9.53 Å². The lowest BCUT2D eigenvalue weighted by Crippen LogP contribution is -2.33. The van der Waals surface area contributed by atoms with Crippen molar-refractivity contribution in [3.05, 3.63) is 28.2 Å². The summed E-state index contributed by atoms with van der Waals surface area (Å²) in [5.74, 6) is 6.28. The van der Waals surface area contributed by atoms with Crippen LogP contribution in [0.3, 0.4) is 0 Å². The average molecular weight is 390 g/mol. The third kappa shape index (κ3) is 4.54. The van der Waals surface area contributed by atoms with Crippen molar-refractivity contribution in [1.29, 1.82) is 0 Å². The van der Waals surface area contributed by atoms with Crippen LogP contribution in [-0.4, -0.2) is 46.3 Å². The topological polar surface area (TPSA) is 95.1 Å². The monoisotopic (exact) mass is 389 g/mol. The first-order chi connectivity index (χ1) is 11.4. The summed E-state index contributed by atoms with van der Waals surface area (Å²) in [6, 6.07) is 4.99. The fraction of sp³-hybridized carbons (Fsp3) is 0.357. The molecule has 10 heteroatoms. The van der Waals surface area contributed by atoms with E-state index in [2.05, 4.69) is 15.5 Å². The molecule has 1 heterocycles. The summed E-state index contributed by atoms with van der Waals surface area (Å²) in [6.45, 7) is 2.65. The first-order valence-electron chi connectivity index (χ1n) is 7.03. The number of nitrogens with zero attached hydrogens (tertiary/aromatic N) is 3. The Morgan fingerprint density at radius 2 is 2.21 bits per heavy atom. The minimum Gasteiger partial charge on any atom is -0.383 e. The molecule has 0 saturated carbocycles. The van der Waals surface area contributed by atoms with Gasteiger partial charge in [-0.05, 0) is 25.1 Å². The highest BCUT2D eigenvalue weighted by Gasteiger charge is 2.20. The summed E-state index contributed by atoms with van der Waals surface area (Å²) in [5.41, 5.74) is 0.572. The number of rotatable bonds is 7. The smallest absolute Gasteiger partial charge is 0.233 e. The van der Waals surface area contributed by atoms with E-state index >= 15 is 0 Å². The van der Waals surface area contributed by atoms with Crippen LogP contribution < -0.4 is 11.2 Å². The van der Waals surface area contributed by atoms with Crippen LogP contribution in [0.5, 0.6) is 0 Å². The van der Waals surface area contributed by atoms with Crippen molar-refractivity contribution in [2.75, 3.05) is 26.1 Å². The molecule has 1 amide bonds. The van der Waals surface area contributed by atoms with Crippen LogP contribution in [0.1, 0.15) is 6.92 Å². The van der Waals surface area contributed by atoms with E-state index < -0.39 is 5.25 Å². The molecule has 1 atom stereocenters. The number of nitrogens with two attached hydrogens (primary N) is 1. The summed E-state index contributed by atoms with van der Waals surface area (Å²) < 4.78 is 6.18. The Hall–Kier alpha value is -1.48. The molecule has 0 spiro atoms. The molecular formula is C14H17Cl2N5O2S. The molecule has 0 aliphatic heterocycles. The number of methoxy groups -OCH3 is 1. The Kier molecular flexibility index (Phi) is 6.73. The normalized spacial score (nSPS) is 12.2. The highest BCUT2D eigenvalue weighted by molar-refractivity contribution is 8.00. The molecule has 7 nitrogen and oxygen atoms in total. The van der Waals surface area contributed by atoms with Gasteiger partial charge in [0.15, 0.2) is 5.82 Å². The second-order valence-corrected chi connectivity index (χ2v) is 7.00. The van der Waals surface area contributed by atoms with Crippen molar-refractivity contribution in [2.24, 2.45) is 0 Å². The van der Waals surface area contributed by atoms with Gasteiger partial charge in [-0.15, -0.1) is 10.2 Å². The minimum atomic E-state index is -0.393. The van der Waals surface area contributed by atoms with Gasteiger partial charge in [0.05, 0.1) is 16.9 Å². The fourth-order valence-electron chi connectivity index (χ4n) is 1.84. The van der Waals surface area contributed by atoms with E-state index in [4.69, 9.17) is 33.8 Å². The molecule has 3 N–H and O–H groups in total. The quantitative estimate of drug-likeness (QED) is 0.428. The Bertz CT molecular complexity index is 725. The van der Waals surface area contributed by atoms with E-state index in [1.165, 1.54) is 16.4 Å². The molecule has 2 rings (SSSR count). The predicted octanol–water partition coefficient (Wildman–Crippen LogP) is 2.21. The summed E-state index contributed by atoms with van der Waals surface area (Å²) in [7, 11) is 1.57. The van der Waals surface area contributed by atoms with E-state index in [1.807, 2.05) is 0 Å². The van der Waals surface area contributed by atoms with Gasteiger partial charge in [0, 0.05) is 24.2 Å². The second-order valence-electron chi connectivity index (χ2n) is 4.84. The number of nitrogens with one attached hydrogen (secondary N) is 1. The summed E-state index contributed by atoms with van der Waals surface area (Å²) in [6.07, 6.45) is 0. The number of benzene rings is 1. The van der Waals surface area contributed by atoms with Crippen LogP contribution in [0.2, 0.25) is 10.0 Å². The van der Waals surface area contributed by atoms with E-state index in [9.17, 15) is 4.79 Å². The Balaban J connectivity index is 2.12. The molecule has 0 aliphatic carbocycles. The Morgan fingerprint density at radius 1 is 1.46 bits per heavy atom. The lowest BCUT2D eigenvalue weighted by molar-refractivity contribution is -0.120. The van der Waals surface area contributed by atoms with Crippen LogP contribution in [0.25, 0.3) is 11.4 Å². The van der Waals surface area contributed by atoms with Gasteiger partial charge < -0.3 is 15.9 Å². The standard InChI is InChI=1S/C14H17Cl2N5O2S/c1-8(13(22)18-5-6-23-2)24-14-20-19-12(21(14)17)10-7-9(15)3-4-11(10)16/h3-4,7-8H,5-6,17H2,1-2H3,(H,18,22)/t8-/m1/s1. The van der Waals surface area contributed by atoms with Crippen LogP contribution in [0.15, 0.2) is 23.4 Å². The molecule has 0 bridgehead atoms. The van der Waals surface area contributed by atoms with Crippen LogP contribution >= 0.6 is 35.0 Å². The van der Waals surface area contributed by atoms with Gasteiger partial charge in [0.2, 0.25) is 11.1 Å². The summed E-state index contributed by atoms with van der Waals surface area (Å²) in [4.78, 5) is 12.0. The molecule has 1 aromatic heterocycles. The number of hydrogen-bond donors (Lipinski definition) is 2. The average Bonchev–Trinajstić information content (AvgIpc) is 2.90. The van der Waals surface area contributed by atoms with E-state index in [1.54, 1.807) is 32.2 Å². The summed E-state index contributed by atoms with van der Waals surface area (Å²) in [5, 5.41) is 11.8. The van der Waals surface area contributed by atoms with Gasteiger partial charge in [-0.25, -0.2) is 4.68 Å².